The minimum atomic E-state index is -0.259. The lowest BCUT2D eigenvalue weighted by molar-refractivity contribution is -0.113. The molecule has 2 amide bonds. The Hall–Kier alpha value is -2.52. The molecule has 0 aliphatic heterocycles. The van der Waals surface area contributed by atoms with Gasteiger partial charge in [0, 0.05) is 22.8 Å². The Bertz CT molecular complexity index is 1130. The third-order valence-corrected chi connectivity index (χ3v) is 6.11. The molecule has 3 aromatic rings. The van der Waals surface area contributed by atoms with Crippen molar-refractivity contribution in [3.8, 4) is 0 Å². The molecule has 0 saturated heterocycles. The average Bonchev–Trinajstić information content (AvgIpc) is 3.15. The van der Waals surface area contributed by atoms with E-state index >= 15 is 0 Å². The van der Waals surface area contributed by atoms with Crippen LogP contribution in [0.15, 0.2) is 60.3 Å². The SMILES string of the molecule is C=CCn1c(CNC(=O)c2ccc(Cl)cc2)nnc1SCC(=O)Nc1ccc(Cl)c(Cl)c1. The molecule has 2 aromatic carbocycles. The van der Waals surface area contributed by atoms with Crippen LogP contribution in [0.4, 0.5) is 5.69 Å². The summed E-state index contributed by atoms with van der Waals surface area (Å²) >= 11 is 18.9. The third-order valence-electron chi connectivity index (χ3n) is 4.15. The van der Waals surface area contributed by atoms with Crippen molar-refractivity contribution in [1.82, 2.24) is 20.1 Å². The van der Waals surface area contributed by atoms with E-state index in [1.165, 1.54) is 11.8 Å². The Morgan fingerprint density at radius 1 is 1.06 bits per heavy atom. The van der Waals surface area contributed by atoms with Crippen LogP contribution in [-0.2, 0) is 17.9 Å². The van der Waals surface area contributed by atoms with Gasteiger partial charge in [-0.1, -0.05) is 52.6 Å². The van der Waals surface area contributed by atoms with E-state index in [1.807, 2.05) is 0 Å². The van der Waals surface area contributed by atoms with Crippen LogP contribution in [0.2, 0.25) is 15.1 Å². The van der Waals surface area contributed by atoms with Crippen molar-refractivity contribution < 1.29 is 9.59 Å². The Morgan fingerprint density at radius 3 is 2.50 bits per heavy atom. The van der Waals surface area contributed by atoms with Crippen molar-refractivity contribution >= 4 is 64.1 Å². The first kappa shape index (κ1) is 24.1. The Labute approximate surface area is 204 Å². The summed E-state index contributed by atoms with van der Waals surface area (Å²) in [5, 5.41) is 15.7. The molecule has 0 aliphatic rings. The lowest BCUT2D eigenvalue weighted by atomic mass is 10.2. The molecule has 0 fully saturated rings. The molecule has 1 heterocycles. The highest BCUT2D eigenvalue weighted by Gasteiger charge is 2.15. The molecule has 7 nitrogen and oxygen atoms in total. The number of halogens is 3. The fourth-order valence-electron chi connectivity index (χ4n) is 2.63. The van der Waals surface area contributed by atoms with E-state index in [0.717, 1.165) is 0 Å². The predicted octanol–water partition coefficient (Wildman–Crippen LogP) is 5.09. The summed E-state index contributed by atoms with van der Waals surface area (Å²) in [4.78, 5) is 24.6. The molecule has 1 aromatic heterocycles. The number of nitrogens with zero attached hydrogens (tertiary/aromatic N) is 3. The van der Waals surface area contributed by atoms with Crippen molar-refractivity contribution in [2.75, 3.05) is 11.1 Å². The molecule has 0 saturated carbocycles. The molecular formula is C21H18Cl3N5O2S. The first-order valence-corrected chi connectivity index (χ1v) is 11.4. The van der Waals surface area contributed by atoms with Gasteiger partial charge in [0.05, 0.1) is 22.3 Å². The van der Waals surface area contributed by atoms with Crippen molar-refractivity contribution in [2.45, 2.75) is 18.2 Å². The fourth-order valence-corrected chi connectivity index (χ4v) is 3.82. The summed E-state index contributed by atoms with van der Waals surface area (Å²) in [5.74, 6) is 0.149. The van der Waals surface area contributed by atoms with Gasteiger partial charge in [-0.2, -0.15) is 0 Å². The highest BCUT2D eigenvalue weighted by atomic mass is 35.5. The van der Waals surface area contributed by atoms with Crippen molar-refractivity contribution in [2.24, 2.45) is 0 Å². The van der Waals surface area contributed by atoms with Crippen molar-refractivity contribution in [3.63, 3.8) is 0 Å². The van der Waals surface area contributed by atoms with Gasteiger partial charge in [0.2, 0.25) is 5.91 Å². The van der Waals surface area contributed by atoms with Crippen LogP contribution in [0.25, 0.3) is 0 Å². The number of carbonyl (C=O) groups is 2. The number of allylic oxidation sites excluding steroid dienone is 1. The van der Waals surface area contributed by atoms with Gasteiger partial charge in [0.15, 0.2) is 11.0 Å². The number of amides is 2. The summed E-state index contributed by atoms with van der Waals surface area (Å²) in [5.41, 5.74) is 1.03. The second-order valence-corrected chi connectivity index (χ2v) is 8.65. The number of thioether (sulfide) groups is 1. The van der Waals surface area contributed by atoms with E-state index in [2.05, 4.69) is 27.4 Å². The number of rotatable bonds is 9. The van der Waals surface area contributed by atoms with Crippen LogP contribution < -0.4 is 10.6 Å². The molecule has 0 spiro atoms. The zero-order valence-electron chi connectivity index (χ0n) is 16.6. The predicted molar refractivity (Wildman–Crippen MR) is 129 cm³/mol. The van der Waals surface area contributed by atoms with Gasteiger partial charge in [0.1, 0.15) is 0 Å². The lowest BCUT2D eigenvalue weighted by Crippen LogP contribution is -2.24. The minimum Gasteiger partial charge on any atom is -0.345 e. The van der Waals surface area contributed by atoms with Crippen molar-refractivity contribution in [3.05, 3.63) is 81.6 Å². The maximum absolute atomic E-state index is 12.3. The van der Waals surface area contributed by atoms with E-state index in [9.17, 15) is 9.59 Å². The monoisotopic (exact) mass is 509 g/mol. The average molecular weight is 511 g/mol. The van der Waals surface area contributed by atoms with Crippen LogP contribution in [0.1, 0.15) is 16.2 Å². The molecule has 0 atom stereocenters. The highest BCUT2D eigenvalue weighted by molar-refractivity contribution is 7.99. The summed E-state index contributed by atoms with van der Waals surface area (Å²) in [7, 11) is 0. The van der Waals surface area contributed by atoms with E-state index in [-0.39, 0.29) is 24.1 Å². The number of aromatic nitrogens is 3. The van der Waals surface area contributed by atoms with Gasteiger partial charge in [0.25, 0.3) is 5.91 Å². The largest absolute Gasteiger partial charge is 0.345 e. The molecule has 2 N–H and O–H groups in total. The zero-order chi connectivity index (χ0) is 23.1. The minimum absolute atomic E-state index is 0.104. The van der Waals surface area contributed by atoms with E-state index in [4.69, 9.17) is 34.8 Å². The van der Waals surface area contributed by atoms with Gasteiger partial charge in [-0.25, -0.2) is 0 Å². The number of hydrogen-bond acceptors (Lipinski definition) is 5. The number of nitrogens with one attached hydrogen (secondary N) is 2. The number of hydrogen-bond donors (Lipinski definition) is 2. The van der Waals surface area contributed by atoms with Gasteiger partial charge in [-0.3, -0.25) is 9.59 Å². The van der Waals surface area contributed by atoms with Crippen LogP contribution in [0, 0.1) is 0 Å². The summed E-state index contributed by atoms with van der Waals surface area (Å²) in [6.45, 7) is 4.34. The second kappa shape index (κ2) is 11.4. The lowest BCUT2D eigenvalue weighted by Gasteiger charge is -2.09. The van der Waals surface area contributed by atoms with Crippen LogP contribution in [0.3, 0.4) is 0 Å². The summed E-state index contributed by atoms with van der Waals surface area (Å²) in [6, 6.07) is 11.4. The van der Waals surface area contributed by atoms with Gasteiger partial charge >= 0.3 is 0 Å². The molecule has 0 bridgehead atoms. The summed E-state index contributed by atoms with van der Waals surface area (Å²) < 4.78 is 1.78. The third kappa shape index (κ3) is 6.49. The summed E-state index contributed by atoms with van der Waals surface area (Å²) in [6.07, 6.45) is 1.69. The normalized spacial score (nSPS) is 10.6. The van der Waals surface area contributed by atoms with Crippen LogP contribution in [0.5, 0.6) is 0 Å². The molecule has 32 heavy (non-hydrogen) atoms. The molecule has 3 rings (SSSR count). The molecule has 0 unspecified atom stereocenters. The topological polar surface area (TPSA) is 88.9 Å². The Morgan fingerprint density at radius 2 is 1.81 bits per heavy atom. The maximum atomic E-state index is 12.3. The fraction of sp³-hybridized carbons (Fsp3) is 0.143. The smallest absolute Gasteiger partial charge is 0.251 e. The van der Waals surface area contributed by atoms with E-state index in [0.29, 0.717) is 43.8 Å². The quantitative estimate of drug-likeness (QED) is 0.309. The number of anilines is 1. The van der Waals surface area contributed by atoms with Crippen LogP contribution >= 0.6 is 46.6 Å². The van der Waals surface area contributed by atoms with Gasteiger partial charge in [-0.05, 0) is 42.5 Å². The first-order valence-electron chi connectivity index (χ1n) is 9.32. The Balaban J connectivity index is 1.60. The van der Waals surface area contributed by atoms with Gasteiger partial charge < -0.3 is 15.2 Å². The molecule has 0 aliphatic carbocycles. The number of benzene rings is 2. The van der Waals surface area contributed by atoms with Gasteiger partial charge in [-0.15, -0.1) is 16.8 Å². The molecular weight excluding hydrogens is 493 g/mol. The zero-order valence-corrected chi connectivity index (χ0v) is 19.7. The molecule has 166 valence electrons. The maximum Gasteiger partial charge on any atom is 0.251 e. The second-order valence-electron chi connectivity index (χ2n) is 6.45. The Kier molecular flexibility index (Phi) is 8.58. The standard InChI is InChI=1S/C21H18Cl3N5O2S/c1-2-9-29-18(11-25-20(31)13-3-5-14(22)6-4-13)27-28-21(29)32-12-19(30)26-15-7-8-16(23)17(24)10-15/h2-8,10H,1,9,11-12H2,(H,25,31)(H,26,30). The highest BCUT2D eigenvalue weighted by Crippen LogP contribution is 2.25. The van der Waals surface area contributed by atoms with Crippen LogP contribution in [-0.4, -0.2) is 32.3 Å². The van der Waals surface area contributed by atoms with E-state index in [1.54, 1.807) is 53.1 Å². The molecule has 11 heteroatoms. The first-order chi connectivity index (χ1) is 15.4. The van der Waals surface area contributed by atoms with Crippen molar-refractivity contribution in [1.29, 1.82) is 0 Å². The van der Waals surface area contributed by atoms with E-state index < -0.39 is 0 Å². The molecule has 0 radical (unpaired) electrons. The number of carbonyl (C=O) groups excluding carboxylic acids is 2.